The van der Waals surface area contributed by atoms with Gasteiger partial charge in [-0.1, -0.05) is 0 Å². The molecule has 0 saturated carbocycles. The maximum absolute atomic E-state index is 13.8. The number of carbonyl (C=O) groups excluding carboxylic acids is 2. The third kappa shape index (κ3) is 2.81. The van der Waals surface area contributed by atoms with Crippen LogP contribution >= 0.6 is 0 Å². The van der Waals surface area contributed by atoms with E-state index in [0.717, 1.165) is 25.2 Å². The molecule has 118 valence electrons. The van der Waals surface area contributed by atoms with Gasteiger partial charge in [-0.3, -0.25) is 9.59 Å². The second kappa shape index (κ2) is 6.00. The number of piperazine rings is 1. The summed E-state index contributed by atoms with van der Waals surface area (Å²) < 4.78 is 26.8. The molecule has 2 saturated heterocycles. The first kappa shape index (κ1) is 14.9. The minimum Gasteiger partial charge on any atom is -0.340 e. The molecule has 22 heavy (non-hydrogen) atoms. The van der Waals surface area contributed by atoms with Crippen molar-refractivity contribution < 1.29 is 18.4 Å². The Morgan fingerprint density at radius 1 is 1.23 bits per heavy atom. The van der Waals surface area contributed by atoms with Crippen LogP contribution in [0.2, 0.25) is 0 Å². The minimum atomic E-state index is -0.788. The molecule has 1 atom stereocenters. The highest BCUT2D eigenvalue weighted by Gasteiger charge is 2.38. The first-order valence-corrected chi connectivity index (χ1v) is 7.31. The van der Waals surface area contributed by atoms with Crippen molar-refractivity contribution in [3.8, 4) is 0 Å². The predicted octanol–water partition coefficient (Wildman–Crippen LogP) is 0.750. The zero-order valence-corrected chi connectivity index (χ0v) is 12.0. The van der Waals surface area contributed by atoms with Gasteiger partial charge in [0.15, 0.2) is 0 Å². The molecule has 2 amide bonds. The normalized spacial score (nSPS) is 22.3. The molecule has 1 aromatic carbocycles. The van der Waals surface area contributed by atoms with E-state index in [0.29, 0.717) is 13.1 Å². The summed E-state index contributed by atoms with van der Waals surface area (Å²) in [6.45, 7) is 2.86. The van der Waals surface area contributed by atoms with Crippen LogP contribution < -0.4 is 10.2 Å². The van der Waals surface area contributed by atoms with E-state index >= 15 is 0 Å². The quantitative estimate of drug-likeness (QED) is 0.877. The van der Waals surface area contributed by atoms with Crippen molar-refractivity contribution in [2.24, 2.45) is 5.92 Å². The molecule has 2 heterocycles. The number of anilines is 1. The number of amides is 2. The summed E-state index contributed by atoms with van der Waals surface area (Å²) in [5.41, 5.74) is 0.0296. The number of carbonyl (C=O) groups is 2. The molecule has 5 nitrogen and oxygen atoms in total. The molecule has 0 radical (unpaired) electrons. The maximum atomic E-state index is 13.8. The number of nitrogens with one attached hydrogen (secondary N) is 1. The van der Waals surface area contributed by atoms with Gasteiger partial charge in [-0.25, -0.2) is 8.78 Å². The van der Waals surface area contributed by atoms with Gasteiger partial charge in [-0.2, -0.15) is 0 Å². The minimum absolute atomic E-state index is 0.0296. The van der Waals surface area contributed by atoms with Crippen LogP contribution in [0.1, 0.15) is 6.42 Å². The number of halogens is 2. The van der Waals surface area contributed by atoms with E-state index in [1.54, 1.807) is 4.90 Å². The summed E-state index contributed by atoms with van der Waals surface area (Å²) in [6.07, 6.45) is 0.0690. The molecule has 1 aromatic rings. The van der Waals surface area contributed by atoms with Crippen molar-refractivity contribution in [2.45, 2.75) is 6.42 Å². The molecule has 2 aliphatic heterocycles. The van der Waals surface area contributed by atoms with Crippen molar-refractivity contribution >= 4 is 17.5 Å². The summed E-state index contributed by atoms with van der Waals surface area (Å²) in [5, 5.41) is 3.16. The van der Waals surface area contributed by atoms with Crippen molar-refractivity contribution in [2.75, 3.05) is 37.6 Å². The molecule has 0 bridgehead atoms. The Morgan fingerprint density at radius 2 is 1.95 bits per heavy atom. The fourth-order valence-corrected chi connectivity index (χ4v) is 2.95. The summed E-state index contributed by atoms with van der Waals surface area (Å²) >= 11 is 0. The SMILES string of the molecule is O=C([C@@H]1CC(=O)N(c2ccc(F)cc2F)C1)N1CCNCC1. The van der Waals surface area contributed by atoms with Gasteiger partial charge in [0.05, 0.1) is 11.6 Å². The largest absolute Gasteiger partial charge is 0.340 e. The van der Waals surface area contributed by atoms with Crippen molar-refractivity contribution in [3.05, 3.63) is 29.8 Å². The lowest BCUT2D eigenvalue weighted by molar-refractivity contribution is -0.136. The Hall–Kier alpha value is -2.02. The smallest absolute Gasteiger partial charge is 0.228 e. The number of benzene rings is 1. The predicted molar refractivity (Wildman–Crippen MR) is 76.3 cm³/mol. The fourth-order valence-electron chi connectivity index (χ4n) is 2.95. The zero-order chi connectivity index (χ0) is 15.7. The van der Waals surface area contributed by atoms with Crippen LogP contribution in [-0.4, -0.2) is 49.4 Å². The van der Waals surface area contributed by atoms with Gasteiger partial charge in [-0.15, -0.1) is 0 Å². The van der Waals surface area contributed by atoms with E-state index in [1.807, 2.05) is 0 Å². The average molecular weight is 309 g/mol. The van der Waals surface area contributed by atoms with Crippen molar-refractivity contribution in [1.29, 1.82) is 0 Å². The van der Waals surface area contributed by atoms with Gasteiger partial charge in [-0.05, 0) is 12.1 Å². The van der Waals surface area contributed by atoms with E-state index in [1.165, 1.54) is 11.0 Å². The number of nitrogens with zero attached hydrogens (tertiary/aromatic N) is 2. The average Bonchev–Trinajstić information content (AvgIpc) is 2.89. The molecule has 7 heteroatoms. The van der Waals surface area contributed by atoms with Crippen LogP contribution in [0.15, 0.2) is 18.2 Å². The monoisotopic (exact) mass is 309 g/mol. The van der Waals surface area contributed by atoms with Gasteiger partial charge < -0.3 is 15.1 Å². The van der Waals surface area contributed by atoms with E-state index in [-0.39, 0.29) is 30.5 Å². The number of rotatable bonds is 2. The van der Waals surface area contributed by atoms with Gasteiger partial charge in [0, 0.05) is 45.2 Å². The van der Waals surface area contributed by atoms with E-state index in [9.17, 15) is 18.4 Å². The molecular weight excluding hydrogens is 292 g/mol. The highest BCUT2D eigenvalue weighted by molar-refractivity contribution is 6.00. The lowest BCUT2D eigenvalue weighted by atomic mass is 10.1. The molecule has 1 N–H and O–H groups in total. The Balaban J connectivity index is 1.74. The Bertz CT molecular complexity index is 602. The molecule has 0 spiro atoms. The standard InChI is InChI=1S/C15H17F2N3O2/c16-11-1-2-13(12(17)8-11)20-9-10(7-14(20)21)15(22)19-5-3-18-4-6-19/h1-2,8,10,18H,3-7,9H2/t10-/m1/s1. The summed E-state index contributed by atoms with van der Waals surface area (Å²) in [4.78, 5) is 27.5. The topological polar surface area (TPSA) is 52.7 Å². The highest BCUT2D eigenvalue weighted by Crippen LogP contribution is 2.28. The lowest BCUT2D eigenvalue weighted by Gasteiger charge is -2.29. The Morgan fingerprint density at radius 3 is 2.64 bits per heavy atom. The first-order valence-electron chi connectivity index (χ1n) is 7.31. The lowest BCUT2D eigenvalue weighted by Crippen LogP contribution is -2.48. The molecule has 0 aromatic heterocycles. The summed E-state index contributed by atoms with van der Waals surface area (Å²) in [7, 11) is 0. The second-order valence-corrected chi connectivity index (χ2v) is 5.58. The Labute approximate surface area is 126 Å². The van der Waals surface area contributed by atoms with Crippen LogP contribution in [0.3, 0.4) is 0 Å². The van der Waals surface area contributed by atoms with Gasteiger partial charge >= 0.3 is 0 Å². The van der Waals surface area contributed by atoms with E-state index < -0.39 is 17.6 Å². The van der Waals surface area contributed by atoms with Crippen LogP contribution in [0.5, 0.6) is 0 Å². The van der Waals surface area contributed by atoms with Crippen LogP contribution in [0, 0.1) is 17.6 Å². The molecule has 0 unspecified atom stereocenters. The molecule has 0 aliphatic carbocycles. The Kier molecular flexibility index (Phi) is 4.06. The third-order valence-electron chi connectivity index (χ3n) is 4.10. The van der Waals surface area contributed by atoms with Crippen LogP contribution in [-0.2, 0) is 9.59 Å². The zero-order valence-electron chi connectivity index (χ0n) is 12.0. The van der Waals surface area contributed by atoms with Crippen LogP contribution in [0.4, 0.5) is 14.5 Å². The van der Waals surface area contributed by atoms with E-state index in [2.05, 4.69) is 5.32 Å². The number of hydrogen-bond acceptors (Lipinski definition) is 3. The molecular formula is C15H17F2N3O2. The number of hydrogen-bond donors (Lipinski definition) is 1. The highest BCUT2D eigenvalue weighted by atomic mass is 19.1. The van der Waals surface area contributed by atoms with E-state index in [4.69, 9.17) is 0 Å². The van der Waals surface area contributed by atoms with Crippen molar-refractivity contribution in [3.63, 3.8) is 0 Å². The van der Waals surface area contributed by atoms with Crippen molar-refractivity contribution in [1.82, 2.24) is 10.2 Å². The van der Waals surface area contributed by atoms with Gasteiger partial charge in [0.25, 0.3) is 0 Å². The first-order chi connectivity index (χ1) is 10.6. The fraction of sp³-hybridized carbons (Fsp3) is 0.467. The van der Waals surface area contributed by atoms with Gasteiger partial charge in [0.2, 0.25) is 11.8 Å². The summed E-state index contributed by atoms with van der Waals surface area (Å²) in [6, 6.07) is 3.09. The molecule has 3 rings (SSSR count). The maximum Gasteiger partial charge on any atom is 0.228 e. The molecule has 2 aliphatic rings. The van der Waals surface area contributed by atoms with Crippen LogP contribution in [0.25, 0.3) is 0 Å². The third-order valence-corrected chi connectivity index (χ3v) is 4.10. The van der Waals surface area contributed by atoms with Gasteiger partial charge in [0.1, 0.15) is 11.6 Å². The molecule has 2 fully saturated rings. The second-order valence-electron chi connectivity index (χ2n) is 5.58. The summed E-state index contributed by atoms with van der Waals surface area (Å²) in [5.74, 6) is -2.32.